The van der Waals surface area contributed by atoms with Gasteiger partial charge in [0.2, 0.25) is 0 Å². The van der Waals surface area contributed by atoms with Crippen molar-refractivity contribution in [2.45, 2.75) is 0 Å². The number of aromatic nitrogens is 4. The Morgan fingerprint density at radius 2 is 0.463 bits per heavy atom. The number of halogens is 4. The van der Waals surface area contributed by atoms with Gasteiger partial charge in [0.1, 0.15) is 0 Å². The summed E-state index contributed by atoms with van der Waals surface area (Å²) in [4.78, 5) is 24.1. The van der Waals surface area contributed by atoms with Crippen LogP contribution in [0.4, 0.5) is 22.7 Å². The minimum Gasteiger partial charge on any atom is -0.439 e. The first-order valence-corrected chi connectivity index (χ1v) is 24.5. The van der Waals surface area contributed by atoms with Gasteiger partial charge < -0.3 is 38.5 Å². The van der Waals surface area contributed by atoms with Crippen molar-refractivity contribution in [1.82, 2.24) is 19.9 Å². The maximum absolute atomic E-state index is 5.78. The minimum absolute atomic E-state index is 0. The summed E-state index contributed by atoms with van der Waals surface area (Å²) in [5.74, 6) is 6.89. The Kier molecular flexibility index (Phi) is 26.0. The van der Waals surface area contributed by atoms with Crippen LogP contribution in [-0.2, 0) is 0 Å². The lowest BCUT2D eigenvalue weighted by Crippen LogP contribution is -2.12. The fourth-order valence-electron chi connectivity index (χ4n) is 7.93. The molecule has 4 aliphatic heterocycles. The summed E-state index contributed by atoms with van der Waals surface area (Å²) >= 11 is 0. The summed E-state index contributed by atoms with van der Waals surface area (Å²) in [7, 11) is 7.99. The molecule has 4 aromatic carbocycles. The summed E-state index contributed by atoms with van der Waals surface area (Å²) < 4.78 is 23.1. The highest BCUT2D eigenvalue weighted by Crippen LogP contribution is 2.40. The van der Waals surface area contributed by atoms with E-state index >= 15 is 0 Å². The van der Waals surface area contributed by atoms with Crippen LogP contribution in [-0.4, -0.2) is 48.1 Å². The van der Waals surface area contributed by atoms with Gasteiger partial charge in [0.05, 0.1) is 22.7 Å². The molecule has 0 bridgehead atoms. The highest BCUT2D eigenvalue weighted by atomic mass is 127. The molecule has 8 aromatic rings. The number of nitrogens with zero attached hydrogens (tertiary/aromatic N) is 8. The Balaban J connectivity index is 0.000000193. The number of para-hydroxylation sites is 8. The predicted molar refractivity (Wildman–Crippen MR) is 369 cm³/mol. The number of allylic oxidation sites excluding steroid dienone is 8. The molecule has 16 heteroatoms. The van der Waals surface area contributed by atoms with Crippen molar-refractivity contribution in [2.24, 2.45) is 0 Å². The lowest BCUT2D eigenvalue weighted by atomic mass is 10.2. The Hall–Kier alpha value is -7.28. The van der Waals surface area contributed by atoms with Crippen LogP contribution in [0.15, 0.2) is 267 Å². The minimum atomic E-state index is 0. The monoisotopic (exact) mass is 1510 g/mol. The van der Waals surface area contributed by atoms with Crippen molar-refractivity contribution in [1.29, 1.82) is 0 Å². The van der Waals surface area contributed by atoms with Gasteiger partial charge in [-0.05, 0) is 144 Å². The van der Waals surface area contributed by atoms with Crippen molar-refractivity contribution in [3.8, 4) is 23.0 Å². The number of benzene rings is 4. The maximum Gasteiger partial charge on any atom is 0.200 e. The topological polar surface area (TPSA) is 101 Å². The van der Waals surface area contributed by atoms with Gasteiger partial charge in [-0.2, -0.15) is 0 Å². The van der Waals surface area contributed by atoms with E-state index in [9.17, 15) is 0 Å². The lowest BCUT2D eigenvalue weighted by molar-refractivity contribution is 0.443. The van der Waals surface area contributed by atoms with Crippen LogP contribution in [0.3, 0.4) is 0 Å². The number of hydrogen-bond acceptors (Lipinski definition) is 12. The van der Waals surface area contributed by atoms with E-state index in [0.717, 1.165) is 91.5 Å². The summed E-state index contributed by atoms with van der Waals surface area (Å²) in [6.07, 6.45) is 38.1. The Labute approximate surface area is 537 Å². The normalized spacial score (nSPS) is 15.1. The van der Waals surface area contributed by atoms with Crippen molar-refractivity contribution in [3.63, 3.8) is 0 Å². The molecule has 4 aliphatic rings. The zero-order valence-corrected chi connectivity index (χ0v) is 53.6. The molecule has 12 nitrogen and oxygen atoms in total. The Morgan fingerprint density at radius 3 is 0.650 bits per heavy atom. The highest BCUT2D eigenvalue weighted by molar-refractivity contribution is 14.0. The zero-order valence-electron chi connectivity index (χ0n) is 44.2. The number of ether oxygens (including phenoxy) is 4. The molecular formula is C64H60I4N8O4. The SMILES string of the molecule is CN1C(=CC=Cc2ccncc2)Oc2ccccc21.CN1C(=CC=Cc2ccncc2)Oc2ccccc21.CN1C(=CC=Cc2ccncc2)Oc2ccccc21.CN1C(=CC=Cc2ccncc2)Oc2ccccc21.I.I.I.I. The van der Waals surface area contributed by atoms with Gasteiger partial charge in [-0.3, -0.25) is 19.9 Å². The van der Waals surface area contributed by atoms with Crippen molar-refractivity contribution in [2.75, 3.05) is 47.8 Å². The Bertz CT molecular complexity index is 3010. The summed E-state index contributed by atoms with van der Waals surface area (Å²) in [5.41, 5.74) is 8.82. The summed E-state index contributed by atoms with van der Waals surface area (Å²) in [5, 5.41) is 0. The quantitative estimate of drug-likeness (QED) is 0.135. The molecule has 0 unspecified atom stereocenters. The van der Waals surface area contributed by atoms with Crippen LogP contribution in [0.1, 0.15) is 22.3 Å². The number of anilines is 4. The zero-order chi connectivity index (χ0) is 52.3. The van der Waals surface area contributed by atoms with E-state index in [1.165, 1.54) is 0 Å². The highest BCUT2D eigenvalue weighted by Gasteiger charge is 2.24. The van der Waals surface area contributed by atoms with E-state index in [2.05, 4.69) is 19.9 Å². The third kappa shape index (κ3) is 17.4. The number of pyridine rings is 4. The predicted octanol–water partition coefficient (Wildman–Crippen LogP) is 16.3. The third-order valence-electron chi connectivity index (χ3n) is 12.0. The first-order valence-electron chi connectivity index (χ1n) is 24.5. The number of fused-ring (bicyclic) bond motifs is 4. The van der Waals surface area contributed by atoms with Gasteiger partial charge in [0, 0.05) is 77.8 Å². The van der Waals surface area contributed by atoms with Gasteiger partial charge in [-0.1, -0.05) is 97.1 Å². The first kappa shape index (κ1) is 63.6. The van der Waals surface area contributed by atoms with Crippen LogP contribution in [0.5, 0.6) is 23.0 Å². The van der Waals surface area contributed by atoms with E-state index in [1.807, 2.05) is 266 Å². The Morgan fingerprint density at radius 1 is 0.275 bits per heavy atom. The number of hydrogen-bond donors (Lipinski definition) is 0. The molecule has 0 aliphatic carbocycles. The fraction of sp³-hybridized carbons (Fsp3) is 0.0625. The van der Waals surface area contributed by atoms with Crippen LogP contribution in [0, 0.1) is 0 Å². The van der Waals surface area contributed by atoms with Gasteiger partial charge >= 0.3 is 0 Å². The molecule has 12 rings (SSSR count). The molecule has 0 radical (unpaired) electrons. The van der Waals surface area contributed by atoms with Crippen LogP contribution < -0.4 is 38.5 Å². The molecule has 0 spiro atoms. The van der Waals surface area contributed by atoms with Crippen LogP contribution >= 0.6 is 95.9 Å². The average molecular weight is 1510 g/mol. The standard InChI is InChI=1S/4C16H14N2O.4HI/c4*1-18-14-6-2-3-7-15(14)19-16(18)8-4-5-13-9-11-17-12-10-13;;;;/h4*2-12H,1H3;4*1H. The van der Waals surface area contributed by atoms with E-state index in [1.54, 1.807) is 49.6 Å². The lowest BCUT2D eigenvalue weighted by Gasteiger charge is -2.09. The molecule has 0 N–H and O–H groups in total. The van der Waals surface area contributed by atoms with Crippen molar-refractivity contribution in [3.05, 3.63) is 290 Å². The summed E-state index contributed by atoms with van der Waals surface area (Å²) in [6.45, 7) is 0. The average Bonchev–Trinajstić information content (AvgIpc) is 4.21. The molecule has 408 valence electrons. The second-order valence-electron chi connectivity index (χ2n) is 17.1. The van der Waals surface area contributed by atoms with Crippen molar-refractivity contribution >= 4 is 143 Å². The molecule has 0 fully saturated rings. The summed E-state index contributed by atoms with van der Waals surface area (Å²) in [6, 6.07) is 47.7. The van der Waals surface area contributed by atoms with Crippen LogP contribution in [0.2, 0.25) is 0 Å². The largest absolute Gasteiger partial charge is 0.439 e. The van der Waals surface area contributed by atoms with Gasteiger partial charge in [-0.15, -0.1) is 95.9 Å². The molecule has 0 saturated heterocycles. The van der Waals surface area contributed by atoms with E-state index < -0.39 is 0 Å². The number of rotatable bonds is 8. The first-order chi connectivity index (χ1) is 37.4. The fourth-order valence-corrected chi connectivity index (χ4v) is 7.93. The molecule has 0 saturated carbocycles. The van der Waals surface area contributed by atoms with Gasteiger partial charge in [0.25, 0.3) is 0 Å². The molecule has 0 amide bonds. The molecule has 0 atom stereocenters. The third-order valence-corrected chi connectivity index (χ3v) is 12.0. The second-order valence-corrected chi connectivity index (χ2v) is 17.1. The van der Waals surface area contributed by atoms with E-state index in [-0.39, 0.29) is 95.9 Å². The van der Waals surface area contributed by atoms with Crippen molar-refractivity contribution < 1.29 is 18.9 Å². The van der Waals surface area contributed by atoms with E-state index in [0.29, 0.717) is 0 Å². The van der Waals surface area contributed by atoms with Crippen LogP contribution in [0.25, 0.3) is 24.3 Å². The smallest absolute Gasteiger partial charge is 0.200 e. The molecular weight excluding hydrogens is 1450 g/mol. The molecule has 8 heterocycles. The van der Waals surface area contributed by atoms with Gasteiger partial charge in [-0.25, -0.2) is 0 Å². The maximum atomic E-state index is 5.78. The van der Waals surface area contributed by atoms with E-state index in [4.69, 9.17) is 18.9 Å². The second kappa shape index (κ2) is 32.7. The molecule has 4 aromatic heterocycles. The molecule has 80 heavy (non-hydrogen) atoms. The van der Waals surface area contributed by atoms with Gasteiger partial charge in [0.15, 0.2) is 46.5 Å².